The Morgan fingerprint density at radius 3 is 3.20 bits per heavy atom. The first kappa shape index (κ1) is 7.12. The Labute approximate surface area is 59.6 Å². The molecule has 10 heavy (non-hydrogen) atoms. The van der Waals surface area contributed by atoms with Crippen LogP contribution in [0.5, 0.6) is 0 Å². The summed E-state index contributed by atoms with van der Waals surface area (Å²) in [6, 6.07) is 0. The number of hydrogen-bond acceptors (Lipinski definition) is 3. The first-order chi connectivity index (χ1) is 4.83. The molecular weight excluding hydrogens is 132 g/mol. The zero-order valence-corrected chi connectivity index (χ0v) is 5.71. The molecule has 1 heterocycles. The van der Waals surface area contributed by atoms with Gasteiger partial charge in [0, 0.05) is 6.42 Å². The highest BCUT2D eigenvalue weighted by Crippen LogP contribution is 2.11. The Hall–Kier alpha value is -0.990. The van der Waals surface area contributed by atoms with Gasteiger partial charge in [0.1, 0.15) is 6.10 Å². The third-order valence-electron chi connectivity index (χ3n) is 1.39. The van der Waals surface area contributed by atoms with Gasteiger partial charge < -0.3 is 9.47 Å². The van der Waals surface area contributed by atoms with Gasteiger partial charge in [0.25, 0.3) is 0 Å². The fourth-order valence-electron chi connectivity index (χ4n) is 0.903. The summed E-state index contributed by atoms with van der Waals surface area (Å²) >= 11 is 0. The molecule has 1 aliphatic rings. The molecule has 3 heteroatoms. The summed E-state index contributed by atoms with van der Waals surface area (Å²) in [4.78, 5) is 10.6. The Kier molecular flexibility index (Phi) is 2.31. The second-order valence-electron chi connectivity index (χ2n) is 2.14. The molecule has 1 saturated heterocycles. The van der Waals surface area contributed by atoms with Crippen molar-refractivity contribution in [3.05, 3.63) is 12.8 Å². The molecule has 0 aromatic heterocycles. The van der Waals surface area contributed by atoms with Crippen molar-refractivity contribution < 1.29 is 14.3 Å². The number of carbonyl (C=O) groups is 1. The fourth-order valence-corrected chi connectivity index (χ4v) is 0.903. The van der Waals surface area contributed by atoms with Crippen LogP contribution in [0.25, 0.3) is 0 Å². The second-order valence-corrected chi connectivity index (χ2v) is 2.14. The lowest BCUT2D eigenvalue weighted by Crippen LogP contribution is -2.25. The third kappa shape index (κ3) is 1.76. The van der Waals surface area contributed by atoms with Gasteiger partial charge in [-0.3, -0.25) is 4.79 Å². The smallest absolute Gasteiger partial charge is 0.309 e. The molecule has 56 valence electrons. The molecule has 3 nitrogen and oxygen atoms in total. The predicted molar refractivity (Wildman–Crippen MR) is 35.3 cm³/mol. The Balaban J connectivity index is 2.31. The quantitative estimate of drug-likeness (QED) is 0.423. The van der Waals surface area contributed by atoms with Gasteiger partial charge in [-0.05, 0) is 0 Å². The van der Waals surface area contributed by atoms with Gasteiger partial charge in [0.2, 0.25) is 0 Å². The van der Waals surface area contributed by atoms with Crippen LogP contribution in [0.4, 0.5) is 0 Å². The number of esters is 1. The maximum atomic E-state index is 10.6. The molecule has 0 spiro atoms. The topological polar surface area (TPSA) is 35.5 Å². The highest BCUT2D eigenvalue weighted by atomic mass is 16.5. The summed E-state index contributed by atoms with van der Waals surface area (Å²) < 4.78 is 9.72. The first-order valence-electron chi connectivity index (χ1n) is 3.25. The lowest BCUT2D eigenvalue weighted by molar-refractivity contribution is -0.151. The van der Waals surface area contributed by atoms with E-state index in [1.807, 2.05) is 0 Å². The largest absolute Gasteiger partial charge is 0.498 e. The Morgan fingerprint density at radius 2 is 2.60 bits per heavy atom. The highest BCUT2D eigenvalue weighted by Gasteiger charge is 2.20. The average Bonchev–Trinajstić information content (AvgIpc) is 1.88. The molecule has 1 fully saturated rings. The van der Waals surface area contributed by atoms with Crippen LogP contribution in [0.3, 0.4) is 0 Å². The van der Waals surface area contributed by atoms with Gasteiger partial charge in [-0.1, -0.05) is 6.58 Å². The van der Waals surface area contributed by atoms with Crippen LogP contribution >= 0.6 is 0 Å². The van der Waals surface area contributed by atoms with Gasteiger partial charge in [-0.2, -0.15) is 0 Å². The predicted octanol–water partition coefficient (Wildman–Crippen LogP) is 0.852. The summed E-state index contributed by atoms with van der Waals surface area (Å²) in [6.07, 6.45) is 2.48. The molecular formula is C7H10O3. The number of ether oxygens (including phenoxy) is 2. The summed E-state index contributed by atoms with van der Waals surface area (Å²) in [5, 5.41) is 0. The molecule has 0 radical (unpaired) electrons. The summed E-state index contributed by atoms with van der Waals surface area (Å²) in [6.45, 7) is 3.88. The lowest BCUT2D eigenvalue weighted by atomic mass is 10.1. The number of cyclic esters (lactones) is 1. The van der Waals surface area contributed by atoms with E-state index in [0.29, 0.717) is 13.0 Å². The van der Waals surface area contributed by atoms with Crippen molar-refractivity contribution in [2.24, 2.45) is 0 Å². The van der Waals surface area contributed by atoms with E-state index in [0.717, 1.165) is 6.42 Å². The minimum atomic E-state index is -0.182. The molecule has 0 N–H and O–H groups in total. The van der Waals surface area contributed by atoms with E-state index >= 15 is 0 Å². The number of carbonyl (C=O) groups excluding carboxylic acids is 1. The molecule has 1 aliphatic heterocycles. The van der Waals surface area contributed by atoms with Crippen molar-refractivity contribution in [2.45, 2.75) is 18.9 Å². The van der Waals surface area contributed by atoms with Gasteiger partial charge >= 0.3 is 5.97 Å². The summed E-state index contributed by atoms with van der Waals surface area (Å²) in [5.41, 5.74) is 0. The molecule has 0 aromatic carbocycles. The van der Waals surface area contributed by atoms with E-state index in [4.69, 9.17) is 9.47 Å². The van der Waals surface area contributed by atoms with Crippen LogP contribution in [0.15, 0.2) is 12.8 Å². The SMILES string of the molecule is C=COC1CCOC(=O)C1. The summed E-state index contributed by atoms with van der Waals surface area (Å²) in [5.74, 6) is -0.182. The maximum absolute atomic E-state index is 10.6. The molecule has 1 rings (SSSR count). The van der Waals surface area contributed by atoms with Crippen LogP contribution in [-0.4, -0.2) is 18.7 Å². The van der Waals surface area contributed by atoms with Crippen molar-refractivity contribution in [1.82, 2.24) is 0 Å². The zero-order valence-electron chi connectivity index (χ0n) is 5.71. The van der Waals surface area contributed by atoms with Crippen molar-refractivity contribution in [3.63, 3.8) is 0 Å². The minimum absolute atomic E-state index is 0.0150. The molecule has 0 bridgehead atoms. The van der Waals surface area contributed by atoms with E-state index in [9.17, 15) is 4.79 Å². The normalized spacial score (nSPS) is 25.2. The van der Waals surface area contributed by atoms with Crippen molar-refractivity contribution in [2.75, 3.05) is 6.61 Å². The fraction of sp³-hybridized carbons (Fsp3) is 0.571. The van der Waals surface area contributed by atoms with Crippen LogP contribution in [0.1, 0.15) is 12.8 Å². The van der Waals surface area contributed by atoms with E-state index in [1.165, 1.54) is 6.26 Å². The van der Waals surface area contributed by atoms with Crippen LogP contribution in [0, 0.1) is 0 Å². The van der Waals surface area contributed by atoms with E-state index < -0.39 is 0 Å². The number of rotatable bonds is 2. The summed E-state index contributed by atoms with van der Waals surface area (Å²) in [7, 11) is 0. The molecule has 0 aromatic rings. The Bertz CT molecular complexity index is 142. The average molecular weight is 142 g/mol. The lowest BCUT2D eigenvalue weighted by Gasteiger charge is -2.20. The minimum Gasteiger partial charge on any atom is -0.498 e. The van der Waals surface area contributed by atoms with Crippen molar-refractivity contribution >= 4 is 5.97 Å². The van der Waals surface area contributed by atoms with Gasteiger partial charge in [-0.25, -0.2) is 0 Å². The maximum Gasteiger partial charge on any atom is 0.309 e. The third-order valence-corrected chi connectivity index (χ3v) is 1.39. The second kappa shape index (κ2) is 3.25. The first-order valence-corrected chi connectivity index (χ1v) is 3.25. The Morgan fingerprint density at radius 1 is 1.80 bits per heavy atom. The molecule has 1 unspecified atom stereocenters. The van der Waals surface area contributed by atoms with Crippen molar-refractivity contribution in [1.29, 1.82) is 0 Å². The highest BCUT2D eigenvalue weighted by molar-refractivity contribution is 5.70. The molecule has 0 saturated carbocycles. The standard InChI is InChI=1S/C7H10O3/c1-2-9-6-3-4-10-7(8)5-6/h2,6H,1,3-5H2. The molecule has 0 aliphatic carbocycles. The van der Waals surface area contributed by atoms with Gasteiger partial charge in [-0.15, -0.1) is 0 Å². The van der Waals surface area contributed by atoms with Gasteiger partial charge in [0.05, 0.1) is 19.3 Å². The van der Waals surface area contributed by atoms with Crippen molar-refractivity contribution in [3.8, 4) is 0 Å². The van der Waals surface area contributed by atoms with Crippen LogP contribution in [0.2, 0.25) is 0 Å². The van der Waals surface area contributed by atoms with E-state index in [-0.39, 0.29) is 12.1 Å². The van der Waals surface area contributed by atoms with Gasteiger partial charge in [0.15, 0.2) is 0 Å². The van der Waals surface area contributed by atoms with E-state index in [2.05, 4.69) is 6.58 Å². The van der Waals surface area contributed by atoms with Crippen LogP contribution < -0.4 is 0 Å². The zero-order chi connectivity index (χ0) is 7.40. The monoisotopic (exact) mass is 142 g/mol. The van der Waals surface area contributed by atoms with E-state index in [1.54, 1.807) is 0 Å². The molecule has 1 atom stereocenters. The number of hydrogen-bond donors (Lipinski definition) is 0. The van der Waals surface area contributed by atoms with Crippen LogP contribution in [-0.2, 0) is 14.3 Å². The molecule has 0 amide bonds.